The lowest BCUT2D eigenvalue weighted by Crippen LogP contribution is -2.24. The SMILES string of the molecule is CNc1ccccc1S(=O)(=O)NCc1ccc(F)c(F)c1. The van der Waals surface area contributed by atoms with E-state index in [1.54, 1.807) is 25.2 Å². The summed E-state index contributed by atoms with van der Waals surface area (Å²) in [5.41, 5.74) is 0.787. The van der Waals surface area contributed by atoms with Gasteiger partial charge >= 0.3 is 0 Å². The van der Waals surface area contributed by atoms with Crippen molar-refractivity contribution in [1.29, 1.82) is 0 Å². The van der Waals surface area contributed by atoms with E-state index in [4.69, 9.17) is 0 Å². The summed E-state index contributed by atoms with van der Waals surface area (Å²) in [6.45, 7) is -0.127. The fourth-order valence-corrected chi connectivity index (χ4v) is 3.04. The average Bonchev–Trinajstić information content (AvgIpc) is 2.48. The van der Waals surface area contributed by atoms with Gasteiger partial charge in [-0.1, -0.05) is 18.2 Å². The van der Waals surface area contributed by atoms with Crippen molar-refractivity contribution in [1.82, 2.24) is 4.72 Å². The smallest absolute Gasteiger partial charge is 0.242 e. The highest BCUT2D eigenvalue weighted by molar-refractivity contribution is 7.89. The highest BCUT2D eigenvalue weighted by atomic mass is 32.2. The second-order valence-corrected chi connectivity index (χ2v) is 6.05. The van der Waals surface area contributed by atoms with Crippen LogP contribution in [0.3, 0.4) is 0 Å². The van der Waals surface area contributed by atoms with Gasteiger partial charge in [0, 0.05) is 13.6 Å². The first kappa shape index (κ1) is 15.4. The molecule has 0 amide bonds. The Morgan fingerprint density at radius 2 is 1.76 bits per heavy atom. The molecule has 0 spiro atoms. The number of hydrogen-bond donors (Lipinski definition) is 2. The first-order valence-electron chi connectivity index (χ1n) is 6.14. The van der Waals surface area contributed by atoms with Crippen LogP contribution in [0.5, 0.6) is 0 Å². The van der Waals surface area contributed by atoms with E-state index in [0.717, 1.165) is 12.1 Å². The minimum atomic E-state index is -3.75. The zero-order chi connectivity index (χ0) is 15.5. The third-order valence-electron chi connectivity index (χ3n) is 2.90. The first-order chi connectivity index (χ1) is 9.94. The van der Waals surface area contributed by atoms with Crippen LogP contribution in [0.4, 0.5) is 14.5 Å². The minimum Gasteiger partial charge on any atom is -0.387 e. The number of benzene rings is 2. The summed E-state index contributed by atoms with van der Waals surface area (Å²) < 4.78 is 52.7. The van der Waals surface area contributed by atoms with Gasteiger partial charge in [-0.2, -0.15) is 0 Å². The Bertz CT molecular complexity index is 748. The summed E-state index contributed by atoms with van der Waals surface area (Å²) in [6.07, 6.45) is 0. The third kappa shape index (κ3) is 3.56. The second-order valence-electron chi connectivity index (χ2n) is 4.32. The van der Waals surface area contributed by atoms with Crippen molar-refractivity contribution in [2.45, 2.75) is 11.4 Å². The number of hydrogen-bond acceptors (Lipinski definition) is 3. The number of nitrogens with one attached hydrogen (secondary N) is 2. The van der Waals surface area contributed by atoms with Gasteiger partial charge in [0.1, 0.15) is 4.90 Å². The molecular weight excluding hydrogens is 298 g/mol. The van der Waals surface area contributed by atoms with Crippen molar-refractivity contribution in [3.05, 3.63) is 59.7 Å². The molecule has 0 bridgehead atoms. The van der Waals surface area contributed by atoms with E-state index in [1.165, 1.54) is 12.1 Å². The van der Waals surface area contributed by atoms with Gasteiger partial charge in [-0.15, -0.1) is 0 Å². The number of rotatable bonds is 5. The third-order valence-corrected chi connectivity index (χ3v) is 4.36. The van der Waals surface area contributed by atoms with E-state index in [2.05, 4.69) is 10.0 Å². The molecule has 0 atom stereocenters. The van der Waals surface area contributed by atoms with Crippen molar-refractivity contribution in [2.75, 3.05) is 12.4 Å². The highest BCUT2D eigenvalue weighted by Gasteiger charge is 2.17. The van der Waals surface area contributed by atoms with Crippen LogP contribution in [0.15, 0.2) is 47.4 Å². The topological polar surface area (TPSA) is 58.2 Å². The van der Waals surface area contributed by atoms with Gasteiger partial charge in [0.05, 0.1) is 5.69 Å². The highest BCUT2D eigenvalue weighted by Crippen LogP contribution is 2.20. The van der Waals surface area contributed by atoms with Crippen LogP contribution in [0.25, 0.3) is 0 Å². The zero-order valence-electron chi connectivity index (χ0n) is 11.2. The molecule has 2 aromatic rings. The van der Waals surface area contributed by atoms with Gasteiger partial charge < -0.3 is 5.32 Å². The lowest BCUT2D eigenvalue weighted by molar-refractivity contribution is 0.506. The summed E-state index contributed by atoms with van der Waals surface area (Å²) in [5, 5.41) is 2.79. The van der Waals surface area contributed by atoms with Crippen LogP contribution in [0.2, 0.25) is 0 Å². The quantitative estimate of drug-likeness (QED) is 0.892. The maximum Gasteiger partial charge on any atom is 0.242 e. The van der Waals surface area contributed by atoms with Crippen molar-refractivity contribution < 1.29 is 17.2 Å². The molecule has 2 rings (SSSR count). The molecule has 112 valence electrons. The lowest BCUT2D eigenvalue weighted by Gasteiger charge is -2.11. The van der Waals surface area contributed by atoms with Crippen molar-refractivity contribution in [3.63, 3.8) is 0 Å². The molecule has 0 fully saturated rings. The fraction of sp³-hybridized carbons (Fsp3) is 0.143. The molecule has 2 N–H and O–H groups in total. The summed E-state index contributed by atoms with van der Waals surface area (Å²) in [4.78, 5) is 0.0927. The van der Waals surface area contributed by atoms with Crippen LogP contribution in [-0.4, -0.2) is 15.5 Å². The predicted molar refractivity (Wildman–Crippen MR) is 76.4 cm³/mol. The van der Waals surface area contributed by atoms with E-state index in [-0.39, 0.29) is 11.4 Å². The van der Waals surface area contributed by atoms with Gasteiger partial charge in [-0.25, -0.2) is 21.9 Å². The minimum absolute atomic E-state index is 0.0927. The molecule has 2 aromatic carbocycles. The van der Waals surface area contributed by atoms with Crippen LogP contribution >= 0.6 is 0 Å². The average molecular weight is 312 g/mol. The summed E-state index contributed by atoms with van der Waals surface area (Å²) in [6, 6.07) is 9.64. The van der Waals surface area contributed by atoms with Gasteiger partial charge in [-0.3, -0.25) is 0 Å². The number of para-hydroxylation sites is 1. The molecule has 7 heteroatoms. The molecule has 4 nitrogen and oxygen atoms in total. The lowest BCUT2D eigenvalue weighted by atomic mass is 10.2. The molecule has 0 unspecified atom stereocenters. The summed E-state index contributed by atoms with van der Waals surface area (Å²) >= 11 is 0. The number of sulfonamides is 1. The maximum atomic E-state index is 13.1. The Balaban J connectivity index is 2.20. The Morgan fingerprint density at radius 1 is 1.05 bits per heavy atom. The molecule has 0 radical (unpaired) electrons. The molecule has 21 heavy (non-hydrogen) atoms. The largest absolute Gasteiger partial charge is 0.387 e. The summed E-state index contributed by atoms with van der Waals surface area (Å²) in [7, 11) is -2.14. The van der Waals surface area contributed by atoms with E-state index in [0.29, 0.717) is 11.3 Å². The van der Waals surface area contributed by atoms with Gasteiger partial charge in [0.2, 0.25) is 10.0 Å². The fourth-order valence-electron chi connectivity index (χ4n) is 1.81. The van der Waals surface area contributed by atoms with Gasteiger partial charge in [0.25, 0.3) is 0 Å². The number of halogens is 2. The Labute approximate surface area is 121 Å². The maximum absolute atomic E-state index is 13.1. The van der Waals surface area contributed by atoms with E-state index in [1.807, 2.05) is 0 Å². The van der Waals surface area contributed by atoms with Crippen LogP contribution in [0.1, 0.15) is 5.56 Å². The van der Waals surface area contributed by atoms with E-state index >= 15 is 0 Å². The Kier molecular flexibility index (Phi) is 4.54. The summed E-state index contributed by atoms with van der Waals surface area (Å²) in [5.74, 6) is -1.98. The molecule has 0 aliphatic carbocycles. The van der Waals surface area contributed by atoms with Gasteiger partial charge in [0.15, 0.2) is 11.6 Å². The predicted octanol–water partition coefficient (Wildman–Crippen LogP) is 2.49. The molecule has 0 aromatic heterocycles. The molecule has 0 saturated heterocycles. The van der Waals surface area contributed by atoms with E-state index in [9.17, 15) is 17.2 Å². The first-order valence-corrected chi connectivity index (χ1v) is 7.63. The molecule has 0 saturated carbocycles. The monoisotopic (exact) mass is 312 g/mol. The van der Waals surface area contributed by atoms with Crippen molar-refractivity contribution >= 4 is 15.7 Å². The van der Waals surface area contributed by atoms with Crippen molar-refractivity contribution in [2.24, 2.45) is 0 Å². The van der Waals surface area contributed by atoms with E-state index < -0.39 is 21.7 Å². The van der Waals surface area contributed by atoms with Crippen LogP contribution in [-0.2, 0) is 16.6 Å². The van der Waals surface area contributed by atoms with Crippen molar-refractivity contribution in [3.8, 4) is 0 Å². The second kappa shape index (κ2) is 6.19. The molecule has 0 aliphatic heterocycles. The molecule has 0 heterocycles. The number of anilines is 1. The normalized spacial score (nSPS) is 11.4. The molecule has 0 aliphatic rings. The standard InChI is InChI=1S/C14H14F2N2O2S/c1-17-13-4-2-3-5-14(13)21(19,20)18-9-10-6-7-11(15)12(16)8-10/h2-8,17-18H,9H2,1H3. The Morgan fingerprint density at radius 3 is 2.43 bits per heavy atom. The van der Waals surface area contributed by atoms with Crippen LogP contribution < -0.4 is 10.0 Å². The Hall–Kier alpha value is -1.99. The van der Waals surface area contributed by atoms with Gasteiger partial charge in [-0.05, 0) is 29.8 Å². The van der Waals surface area contributed by atoms with Crippen LogP contribution in [0, 0.1) is 11.6 Å². The zero-order valence-corrected chi connectivity index (χ0v) is 12.0. The molecular formula is C14H14F2N2O2S.